The van der Waals surface area contributed by atoms with Crippen molar-refractivity contribution in [1.82, 2.24) is 10.2 Å². The van der Waals surface area contributed by atoms with E-state index in [4.69, 9.17) is 23.2 Å². The second-order valence-corrected chi connectivity index (χ2v) is 6.45. The monoisotopic (exact) mass is 343 g/mol. The number of hydrogen-bond donors (Lipinski definition) is 2. The Balaban J connectivity index is 1.88. The molecule has 2 N–H and O–H groups in total. The molecule has 0 radical (unpaired) electrons. The number of benzene rings is 1. The predicted molar refractivity (Wildman–Crippen MR) is 88.3 cm³/mol. The number of nitrogens with one attached hydrogen (secondary N) is 2. The average molecular weight is 344 g/mol. The van der Waals surface area contributed by atoms with Crippen molar-refractivity contribution in [3.05, 3.63) is 28.2 Å². The molecule has 1 fully saturated rings. The van der Waals surface area contributed by atoms with E-state index in [2.05, 4.69) is 10.6 Å². The van der Waals surface area contributed by atoms with Crippen LogP contribution in [0, 0.1) is 0 Å². The zero-order valence-electron chi connectivity index (χ0n) is 12.5. The fourth-order valence-electron chi connectivity index (χ4n) is 1.94. The minimum absolute atomic E-state index is 0.0598. The summed E-state index contributed by atoms with van der Waals surface area (Å²) >= 11 is 11.8. The molecule has 2 rings (SSSR count). The van der Waals surface area contributed by atoms with Gasteiger partial charge < -0.3 is 10.6 Å². The maximum Gasteiger partial charge on any atom is 0.241 e. The van der Waals surface area contributed by atoms with Gasteiger partial charge in [-0.2, -0.15) is 0 Å². The van der Waals surface area contributed by atoms with E-state index in [1.54, 1.807) is 37.1 Å². The molecule has 0 spiro atoms. The van der Waals surface area contributed by atoms with Crippen LogP contribution in [-0.4, -0.2) is 42.4 Å². The second-order valence-electron chi connectivity index (χ2n) is 5.58. The molecule has 5 nitrogen and oxygen atoms in total. The van der Waals surface area contributed by atoms with Gasteiger partial charge in [-0.1, -0.05) is 23.2 Å². The minimum Gasteiger partial charge on any atom is -0.352 e. The van der Waals surface area contributed by atoms with E-state index in [-0.39, 0.29) is 18.4 Å². The van der Waals surface area contributed by atoms with Gasteiger partial charge in [-0.15, -0.1) is 0 Å². The van der Waals surface area contributed by atoms with Crippen molar-refractivity contribution < 1.29 is 9.59 Å². The van der Waals surface area contributed by atoms with Gasteiger partial charge >= 0.3 is 0 Å². The van der Waals surface area contributed by atoms with Crippen molar-refractivity contribution in [1.29, 1.82) is 0 Å². The Kier molecular flexibility index (Phi) is 5.67. The van der Waals surface area contributed by atoms with Gasteiger partial charge in [0.25, 0.3) is 0 Å². The zero-order valence-corrected chi connectivity index (χ0v) is 14.0. The third kappa shape index (κ3) is 5.16. The first-order chi connectivity index (χ1) is 10.3. The molecule has 22 heavy (non-hydrogen) atoms. The van der Waals surface area contributed by atoms with Gasteiger partial charge in [0.05, 0.1) is 12.6 Å². The molecule has 1 atom stereocenters. The zero-order chi connectivity index (χ0) is 16.3. The number of anilines is 1. The standard InChI is InChI=1S/C15H19Cl2N3O2/c1-9(20(2)8-14(21)18-12-3-4-12)15(22)19-13-6-10(16)5-11(17)7-13/h5-7,9,12H,3-4,8H2,1-2H3,(H,18,21)(H,19,22)/t9-/m0/s1. The number of nitrogens with zero attached hydrogens (tertiary/aromatic N) is 1. The van der Waals surface area contributed by atoms with E-state index >= 15 is 0 Å². The molecule has 0 unspecified atom stereocenters. The first-order valence-electron chi connectivity index (χ1n) is 7.11. The Morgan fingerprint density at radius 2 is 1.86 bits per heavy atom. The van der Waals surface area contributed by atoms with Crippen molar-refractivity contribution >= 4 is 40.7 Å². The van der Waals surface area contributed by atoms with Crippen molar-refractivity contribution in [3.63, 3.8) is 0 Å². The molecule has 0 aliphatic heterocycles. The smallest absolute Gasteiger partial charge is 0.241 e. The number of amides is 2. The Hall–Kier alpha value is -1.30. The van der Waals surface area contributed by atoms with E-state index < -0.39 is 6.04 Å². The lowest BCUT2D eigenvalue weighted by Crippen LogP contribution is -2.45. The molecule has 7 heteroatoms. The van der Waals surface area contributed by atoms with Gasteiger partial charge in [-0.05, 0) is 45.0 Å². The molecule has 0 aromatic heterocycles. The predicted octanol–water partition coefficient (Wildman–Crippen LogP) is 2.53. The average Bonchev–Trinajstić information content (AvgIpc) is 3.20. The fraction of sp³-hybridized carbons (Fsp3) is 0.467. The normalized spacial score (nSPS) is 15.5. The van der Waals surface area contributed by atoms with Crippen molar-refractivity contribution in [2.24, 2.45) is 0 Å². The summed E-state index contributed by atoms with van der Waals surface area (Å²) in [6.45, 7) is 1.92. The van der Waals surface area contributed by atoms with Crippen LogP contribution in [-0.2, 0) is 9.59 Å². The van der Waals surface area contributed by atoms with Gasteiger partial charge in [0, 0.05) is 21.8 Å². The van der Waals surface area contributed by atoms with Gasteiger partial charge in [0.1, 0.15) is 0 Å². The minimum atomic E-state index is -0.456. The Morgan fingerprint density at radius 1 is 1.27 bits per heavy atom. The largest absolute Gasteiger partial charge is 0.352 e. The van der Waals surface area contributed by atoms with Crippen LogP contribution in [0.25, 0.3) is 0 Å². The third-order valence-electron chi connectivity index (χ3n) is 3.51. The van der Waals surface area contributed by atoms with Crippen LogP contribution < -0.4 is 10.6 Å². The number of carbonyl (C=O) groups excluding carboxylic acids is 2. The molecule has 1 aromatic rings. The topological polar surface area (TPSA) is 61.4 Å². The van der Waals surface area contributed by atoms with E-state index in [1.807, 2.05) is 0 Å². The van der Waals surface area contributed by atoms with Gasteiger partial charge in [0.2, 0.25) is 11.8 Å². The van der Waals surface area contributed by atoms with Crippen LogP contribution in [0.4, 0.5) is 5.69 Å². The molecule has 1 aliphatic carbocycles. The van der Waals surface area contributed by atoms with Crippen molar-refractivity contribution in [3.8, 4) is 0 Å². The van der Waals surface area contributed by atoms with E-state index in [0.717, 1.165) is 12.8 Å². The molecule has 1 aliphatic rings. The van der Waals surface area contributed by atoms with E-state index in [1.165, 1.54) is 0 Å². The number of rotatable bonds is 6. The number of likely N-dealkylation sites (N-methyl/N-ethyl adjacent to an activating group) is 1. The van der Waals surface area contributed by atoms with Gasteiger partial charge in [-0.3, -0.25) is 14.5 Å². The quantitative estimate of drug-likeness (QED) is 0.834. The summed E-state index contributed by atoms with van der Waals surface area (Å²) < 4.78 is 0. The molecule has 0 saturated heterocycles. The van der Waals surface area contributed by atoms with Gasteiger partial charge in [0.15, 0.2) is 0 Å². The highest BCUT2D eigenvalue weighted by Crippen LogP contribution is 2.22. The summed E-state index contributed by atoms with van der Waals surface area (Å²) in [5.41, 5.74) is 0.533. The summed E-state index contributed by atoms with van der Waals surface area (Å²) in [4.78, 5) is 25.7. The fourth-order valence-corrected chi connectivity index (χ4v) is 2.46. The molecule has 1 aromatic carbocycles. The Morgan fingerprint density at radius 3 is 2.41 bits per heavy atom. The molecule has 0 heterocycles. The first kappa shape index (κ1) is 17.1. The summed E-state index contributed by atoms with van der Waals surface area (Å²) in [7, 11) is 1.74. The highest BCUT2D eigenvalue weighted by Gasteiger charge is 2.25. The van der Waals surface area contributed by atoms with E-state index in [9.17, 15) is 9.59 Å². The lowest BCUT2D eigenvalue weighted by molar-refractivity contribution is -0.124. The van der Waals surface area contributed by atoms with Crippen molar-refractivity contribution in [2.75, 3.05) is 18.9 Å². The number of halogens is 2. The van der Waals surface area contributed by atoms with Crippen molar-refractivity contribution in [2.45, 2.75) is 31.8 Å². The number of hydrogen-bond acceptors (Lipinski definition) is 3. The molecule has 2 amide bonds. The highest BCUT2D eigenvalue weighted by molar-refractivity contribution is 6.35. The lowest BCUT2D eigenvalue weighted by Gasteiger charge is -2.23. The second kappa shape index (κ2) is 7.31. The maximum atomic E-state index is 12.2. The SMILES string of the molecule is C[C@@H](C(=O)Nc1cc(Cl)cc(Cl)c1)N(C)CC(=O)NC1CC1. The van der Waals surface area contributed by atoms with Crippen LogP contribution in [0.5, 0.6) is 0 Å². The first-order valence-corrected chi connectivity index (χ1v) is 7.87. The highest BCUT2D eigenvalue weighted by atomic mass is 35.5. The summed E-state index contributed by atoms with van der Waals surface area (Å²) in [6, 6.07) is 4.70. The summed E-state index contributed by atoms with van der Waals surface area (Å²) in [5.74, 6) is -0.282. The molecule has 0 bridgehead atoms. The molecule has 1 saturated carbocycles. The molecule has 120 valence electrons. The molecular weight excluding hydrogens is 325 g/mol. The van der Waals surface area contributed by atoms with Crippen LogP contribution >= 0.6 is 23.2 Å². The summed E-state index contributed by atoms with van der Waals surface area (Å²) in [6.07, 6.45) is 2.09. The van der Waals surface area contributed by atoms with Crippen LogP contribution in [0.1, 0.15) is 19.8 Å². The lowest BCUT2D eigenvalue weighted by atomic mass is 10.2. The third-order valence-corrected chi connectivity index (χ3v) is 3.94. The van der Waals surface area contributed by atoms with E-state index in [0.29, 0.717) is 21.8 Å². The van der Waals surface area contributed by atoms with Crippen LogP contribution in [0.3, 0.4) is 0 Å². The maximum absolute atomic E-state index is 12.2. The Labute approximate surface area is 139 Å². The Bertz CT molecular complexity index is 556. The summed E-state index contributed by atoms with van der Waals surface area (Å²) in [5, 5.41) is 6.55. The molecular formula is C15H19Cl2N3O2. The van der Waals surface area contributed by atoms with Crippen LogP contribution in [0.15, 0.2) is 18.2 Å². The van der Waals surface area contributed by atoms with Gasteiger partial charge in [-0.25, -0.2) is 0 Å². The number of carbonyl (C=O) groups is 2. The van der Waals surface area contributed by atoms with Crippen LogP contribution in [0.2, 0.25) is 10.0 Å².